The molecular formula is C17H21N3O2. The van der Waals surface area contributed by atoms with Gasteiger partial charge in [0.1, 0.15) is 12.4 Å². The second-order valence-electron chi connectivity index (χ2n) is 5.93. The number of hydrogen-bond acceptors (Lipinski definition) is 3. The first kappa shape index (κ1) is 14.6. The summed E-state index contributed by atoms with van der Waals surface area (Å²) in [5.41, 5.74) is 4.16. The molecule has 116 valence electrons. The van der Waals surface area contributed by atoms with Crippen LogP contribution in [0.1, 0.15) is 22.5 Å². The van der Waals surface area contributed by atoms with Crippen LogP contribution in [0.15, 0.2) is 24.3 Å². The largest absolute Gasteiger partial charge is 0.492 e. The Balaban J connectivity index is 1.69. The SMILES string of the molecule is Cc1n[nH]c(C)c1CN(C)C(=O)[C@@H]1COc2ccccc2C1. The highest BCUT2D eigenvalue weighted by molar-refractivity contribution is 5.79. The van der Waals surface area contributed by atoms with Gasteiger partial charge in [0.25, 0.3) is 0 Å². The number of nitrogens with zero attached hydrogens (tertiary/aromatic N) is 2. The summed E-state index contributed by atoms with van der Waals surface area (Å²) in [6.45, 7) is 4.96. The topological polar surface area (TPSA) is 58.2 Å². The molecule has 0 saturated heterocycles. The number of aryl methyl sites for hydroxylation is 2. The number of carbonyl (C=O) groups is 1. The third-order valence-electron chi connectivity index (χ3n) is 4.28. The van der Waals surface area contributed by atoms with Crippen molar-refractivity contribution >= 4 is 5.91 Å². The normalized spacial score (nSPS) is 16.8. The molecule has 0 bridgehead atoms. The van der Waals surface area contributed by atoms with Crippen LogP contribution in [0.5, 0.6) is 5.75 Å². The molecule has 5 nitrogen and oxygen atoms in total. The zero-order valence-corrected chi connectivity index (χ0v) is 13.2. The van der Waals surface area contributed by atoms with Crippen molar-refractivity contribution in [3.63, 3.8) is 0 Å². The number of fused-ring (bicyclic) bond motifs is 1. The average Bonchev–Trinajstić information content (AvgIpc) is 2.85. The van der Waals surface area contributed by atoms with E-state index in [0.29, 0.717) is 13.2 Å². The lowest BCUT2D eigenvalue weighted by molar-refractivity contribution is -0.136. The predicted octanol–water partition coefficient (Wildman–Crippen LogP) is 2.24. The van der Waals surface area contributed by atoms with E-state index in [0.717, 1.165) is 34.7 Å². The molecule has 1 N–H and O–H groups in total. The summed E-state index contributed by atoms with van der Waals surface area (Å²) < 4.78 is 5.72. The zero-order chi connectivity index (χ0) is 15.7. The van der Waals surface area contributed by atoms with E-state index in [1.54, 1.807) is 4.90 Å². The molecular weight excluding hydrogens is 278 g/mol. The van der Waals surface area contributed by atoms with Crippen LogP contribution in [0.25, 0.3) is 0 Å². The van der Waals surface area contributed by atoms with Gasteiger partial charge in [-0.15, -0.1) is 0 Å². The molecule has 2 heterocycles. The first-order valence-corrected chi connectivity index (χ1v) is 7.52. The highest BCUT2D eigenvalue weighted by atomic mass is 16.5. The Kier molecular flexibility index (Phi) is 3.88. The number of hydrogen-bond donors (Lipinski definition) is 1. The Bertz CT molecular complexity index is 673. The van der Waals surface area contributed by atoms with Gasteiger partial charge in [0, 0.05) is 24.8 Å². The second kappa shape index (κ2) is 5.83. The Morgan fingerprint density at radius 1 is 1.41 bits per heavy atom. The minimum Gasteiger partial charge on any atom is -0.492 e. The average molecular weight is 299 g/mol. The third kappa shape index (κ3) is 2.71. The molecule has 0 fully saturated rings. The molecule has 1 aromatic carbocycles. The van der Waals surface area contributed by atoms with Crippen LogP contribution in [0.2, 0.25) is 0 Å². The Hall–Kier alpha value is -2.30. The van der Waals surface area contributed by atoms with Crippen molar-refractivity contribution < 1.29 is 9.53 Å². The lowest BCUT2D eigenvalue weighted by Gasteiger charge is -2.28. The fourth-order valence-electron chi connectivity index (χ4n) is 2.92. The Morgan fingerprint density at radius 2 is 2.18 bits per heavy atom. The van der Waals surface area contributed by atoms with E-state index < -0.39 is 0 Å². The van der Waals surface area contributed by atoms with Gasteiger partial charge in [-0.05, 0) is 31.9 Å². The van der Waals surface area contributed by atoms with Crippen molar-refractivity contribution in [3.8, 4) is 5.75 Å². The molecule has 2 aromatic rings. The minimum atomic E-state index is -0.118. The molecule has 1 aliphatic rings. The van der Waals surface area contributed by atoms with Gasteiger partial charge < -0.3 is 9.64 Å². The summed E-state index contributed by atoms with van der Waals surface area (Å²) in [4.78, 5) is 14.4. The van der Waals surface area contributed by atoms with Gasteiger partial charge in [-0.25, -0.2) is 0 Å². The van der Waals surface area contributed by atoms with E-state index in [1.165, 1.54) is 0 Å². The first-order valence-electron chi connectivity index (χ1n) is 7.52. The number of aromatic amines is 1. The smallest absolute Gasteiger partial charge is 0.229 e. The summed E-state index contributed by atoms with van der Waals surface area (Å²) in [6, 6.07) is 7.92. The van der Waals surface area contributed by atoms with Crippen LogP contribution in [0.3, 0.4) is 0 Å². The van der Waals surface area contributed by atoms with E-state index >= 15 is 0 Å². The molecule has 0 aliphatic carbocycles. The summed E-state index contributed by atoms with van der Waals surface area (Å²) in [7, 11) is 1.84. The van der Waals surface area contributed by atoms with E-state index in [2.05, 4.69) is 10.2 Å². The van der Waals surface area contributed by atoms with Crippen molar-refractivity contribution in [2.45, 2.75) is 26.8 Å². The van der Waals surface area contributed by atoms with Crippen LogP contribution >= 0.6 is 0 Å². The third-order valence-corrected chi connectivity index (χ3v) is 4.28. The van der Waals surface area contributed by atoms with Crippen LogP contribution in [-0.4, -0.2) is 34.7 Å². The molecule has 0 radical (unpaired) electrons. The lowest BCUT2D eigenvalue weighted by Crippen LogP contribution is -2.38. The van der Waals surface area contributed by atoms with Crippen LogP contribution in [0, 0.1) is 19.8 Å². The second-order valence-corrected chi connectivity index (χ2v) is 5.93. The predicted molar refractivity (Wildman–Crippen MR) is 83.7 cm³/mol. The molecule has 0 saturated carbocycles. The van der Waals surface area contributed by atoms with E-state index in [1.807, 2.05) is 45.2 Å². The van der Waals surface area contributed by atoms with Crippen LogP contribution in [0.4, 0.5) is 0 Å². The molecule has 0 unspecified atom stereocenters. The quantitative estimate of drug-likeness (QED) is 0.945. The van der Waals surface area contributed by atoms with E-state index in [-0.39, 0.29) is 11.8 Å². The van der Waals surface area contributed by atoms with Gasteiger partial charge in [0.05, 0.1) is 11.6 Å². The summed E-state index contributed by atoms with van der Waals surface area (Å²) in [5.74, 6) is 0.901. The molecule has 1 amide bonds. The molecule has 22 heavy (non-hydrogen) atoms. The van der Waals surface area contributed by atoms with Gasteiger partial charge in [0.15, 0.2) is 0 Å². The van der Waals surface area contributed by atoms with Crippen molar-refractivity contribution in [2.24, 2.45) is 5.92 Å². The number of para-hydroxylation sites is 1. The molecule has 0 spiro atoms. The van der Waals surface area contributed by atoms with Gasteiger partial charge in [-0.3, -0.25) is 9.89 Å². The van der Waals surface area contributed by atoms with Crippen molar-refractivity contribution in [1.29, 1.82) is 0 Å². The maximum atomic E-state index is 12.7. The number of H-pyrrole nitrogens is 1. The maximum Gasteiger partial charge on any atom is 0.229 e. The number of aromatic nitrogens is 2. The van der Waals surface area contributed by atoms with Crippen molar-refractivity contribution in [1.82, 2.24) is 15.1 Å². The fourth-order valence-corrected chi connectivity index (χ4v) is 2.92. The zero-order valence-electron chi connectivity index (χ0n) is 13.2. The highest BCUT2D eigenvalue weighted by Crippen LogP contribution is 2.28. The maximum absolute atomic E-state index is 12.7. The van der Waals surface area contributed by atoms with Gasteiger partial charge >= 0.3 is 0 Å². The minimum absolute atomic E-state index is 0.118. The summed E-state index contributed by atoms with van der Waals surface area (Å²) in [5, 5.41) is 7.14. The number of carbonyl (C=O) groups excluding carboxylic acids is 1. The fraction of sp³-hybridized carbons (Fsp3) is 0.412. The molecule has 3 rings (SSSR count). The van der Waals surface area contributed by atoms with Gasteiger partial charge in [-0.2, -0.15) is 5.10 Å². The number of ether oxygens (including phenoxy) is 1. The summed E-state index contributed by atoms with van der Waals surface area (Å²) in [6.07, 6.45) is 0.739. The number of benzene rings is 1. The standard InChI is InChI=1S/C17H21N3O2/c1-11-15(12(2)19-18-11)9-20(3)17(21)14-8-13-6-4-5-7-16(13)22-10-14/h4-7,14H,8-10H2,1-3H3,(H,18,19)/t14-/m0/s1. The Labute approximate surface area is 130 Å². The molecule has 5 heteroatoms. The monoisotopic (exact) mass is 299 g/mol. The number of amides is 1. The van der Waals surface area contributed by atoms with E-state index in [4.69, 9.17) is 4.74 Å². The summed E-state index contributed by atoms with van der Waals surface area (Å²) >= 11 is 0. The van der Waals surface area contributed by atoms with Crippen molar-refractivity contribution in [3.05, 3.63) is 46.8 Å². The van der Waals surface area contributed by atoms with Gasteiger partial charge in [-0.1, -0.05) is 18.2 Å². The Morgan fingerprint density at radius 3 is 2.91 bits per heavy atom. The molecule has 1 aliphatic heterocycles. The highest BCUT2D eigenvalue weighted by Gasteiger charge is 2.28. The van der Waals surface area contributed by atoms with Gasteiger partial charge in [0.2, 0.25) is 5.91 Å². The molecule has 1 atom stereocenters. The number of rotatable bonds is 3. The van der Waals surface area contributed by atoms with Crippen LogP contribution in [-0.2, 0) is 17.8 Å². The first-order chi connectivity index (χ1) is 10.6. The number of nitrogens with one attached hydrogen (secondary N) is 1. The lowest BCUT2D eigenvalue weighted by atomic mass is 9.95. The van der Waals surface area contributed by atoms with Crippen molar-refractivity contribution in [2.75, 3.05) is 13.7 Å². The van der Waals surface area contributed by atoms with Crippen LogP contribution < -0.4 is 4.74 Å². The van der Waals surface area contributed by atoms with E-state index in [9.17, 15) is 4.79 Å². The molecule has 1 aromatic heterocycles.